The Morgan fingerprint density at radius 3 is 2.16 bits per heavy atom. The lowest BCUT2D eigenvalue weighted by Crippen LogP contribution is -2.10. The van der Waals surface area contributed by atoms with E-state index in [4.69, 9.17) is 4.74 Å². The van der Waals surface area contributed by atoms with Crippen LogP contribution in [0.4, 0.5) is 0 Å². The highest BCUT2D eigenvalue weighted by molar-refractivity contribution is 8.08. The summed E-state index contributed by atoms with van der Waals surface area (Å²) >= 11 is 1.67. The van der Waals surface area contributed by atoms with Crippen LogP contribution in [0.1, 0.15) is 5.56 Å². The molecule has 5 nitrogen and oxygen atoms in total. The molecule has 1 heterocycles. The number of hydrogen-bond acceptors (Lipinski definition) is 6. The molecule has 2 aromatic rings. The molecule has 1 saturated heterocycles. The molecule has 1 unspecified atom stereocenters. The van der Waals surface area contributed by atoms with E-state index in [1.54, 1.807) is 60.3 Å². The second kappa shape index (κ2) is 7.49. The van der Waals surface area contributed by atoms with E-state index in [1.165, 1.54) is 7.11 Å². The molecule has 1 aliphatic heterocycles. The second-order valence-electron chi connectivity index (χ2n) is 5.71. The Hall–Kier alpha value is -1.99. The lowest BCUT2D eigenvalue weighted by molar-refractivity contribution is -0.139. The van der Waals surface area contributed by atoms with Crippen molar-refractivity contribution in [2.75, 3.05) is 18.6 Å². The predicted octanol–water partition coefficient (Wildman–Crippen LogP) is 3.08. The summed E-state index contributed by atoms with van der Waals surface area (Å²) in [6, 6.07) is 13.5. The van der Waals surface area contributed by atoms with Crippen molar-refractivity contribution in [1.82, 2.24) is 0 Å². The number of carbonyl (C=O) groups is 1. The molecule has 7 heteroatoms. The van der Waals surface area contributed by atoms with Crippen LogP contribution >= 0.6 is 11.8 Å². The lowest BCUT2D eigenvalue weighted by atomic mass is 10.1. The van der Waals surface area contributed by atoms with Gasteiger partial charge in [0.15, 0.2) is 9.84 Å². The normalized spacial score (nSPS) is 16.3. The molecular formula is C18H18O5S2. The summed E-state index contributed by atoms with van der Waals surface area (Å²) in [6.07, 6.45) is 0.211. The minimum absolute atomic E-state index is 0.194. The largest absolute Gasteiger partial charge is 0.469 e. The number of rotatable bonds is 7. The third kappa shape index (κ3) is 4.99. The van der Waals surface area contributed by atoms with Crippen LogP contribution < -0.4 is 4.74 Å². The molecule has 1 atom stereocenters. The Morgan fingerprint density at radius 2 is 1.64 bits per heavy atom. The van der Waals surface area contributed by atoms with E-state index in [-0.39, 0.29) is 23.4 Å². The maximum absolute atomic E-state index is 12.2. The lowest BCUT2D eigenvalue weighted by Gasteiger charge is -2.08. The van der Waals surface area contributed by atoms with Crippen molar-refractivity contribution < 1.29 is 22.7 Å². The molecule has 0 N–H and O–H groups in total. The molecule has 0 saturated carbocycles. The molecule has 0 bridgehead atoms. The van der Waals surface area contributed by atoms with Crippen LogP contribution in [-0.2, 0) is 25.8 Å². The van der Waals surface area contributed by atoms with Crippen LogP contribution in [-0.4, -0.2) is 38.3 Å². The zero-order valence-electron chi connectivity index (χ0n) is 13.7. The van der Waals surface area contributed by atoms with Crippen molar-refractivity contribution in [2.24, 2.45) is 0 Å². The zero-order chi connectivity index (χ0) is 17.9. The second-order valence-corrected chi connectivity index (χ2v) is 9.07. The maximum Gasteiger partial charge on any atom is 0.309 e. The first kappa shape index (κ1) is 17.8. The minimum Gasteiger partial charge on any atom is -0.469 e. The molecule has 0 radical (unpaired) electrons. The maximum atomic E-state index is 12.2. The molecular weight excluding hydrogens is 360 g/mol. The molecule has 25 heavy (non-hydrogen) atoms. The van der Waals surface area contributed by atoms with Crippen molar-refractivity contribution in [3.05, 3.63) is 54.1 Å². The van der Waals surface area contributed by atoms with E-state index in [0.29, 0.717) is 16.4 Å². The summed E-state index contributed by atoms with van der Waals surface area (Å²) in [7, 11) is -1.87. The number of benzene rings is 2. The topological polar surface area (TPSA) is 69.7 Å². The molecule has 0 aromatic heterocycles. The van der Waals surface area contributed by atoms with Crippen LogP contribution in [0.5, 0.6) is 11.5 Å². The fourth-order valence-corrected chi connectivity index (χ4v) is 4.95. The zero-order valence-corrected chi connectivity index (χ0v) is 15.3. The first-order chi connectivity index (χ1) is 12.0. The van der Waals surface area contributed by atoms with Gasteiger partial charge in [-0.15, -0.1) is 0 Å². The van der Waals surface area contributed by atoms with Crippen LogP contribution in [0, 0.1) is 0 Å². The van der Waals surface area contributed by atoms with Crippen molar-refractivity contribution in [3.63, 3.8) is 0 Å². The van der Waals surface area contributed by atoms with Gasteiger partial charge in [0.05, 0.1) is 24.2 Å². The van der Waals surface area contributed by atoms with Gasteiger partial charge < -0.3 is 9.47 Å². The molecule has 0 aliphatic carbocycles. The van der Waals surface area contributed by atoms with Crippen LogP contribution in [0.3, 0.4) is 0 Å². The summed E-state index contributed by atoms with van der Waals surface area (Å²) in [6.45, 7) is 0. The molecule has 0 amide bonds. The molecule has 3 rings (SSSR count). The van der Waals surface area contributed by atoms with E-state index < -0.39 is 9.84 Å². The number of methoxy groups -OCH3 is 1. The summed E-state index contributed by atoms with van der Waals surface area (Å²) < 4.78 is 34.8. The third-order valence-corrected chi connectivity index (χ3v) is 6.74. The quantitative estimate of drug-likeness (QED) is 0.545. The van der Waals surface area contributed by atoms with Gasteiger partial charge in [0, 0.05) is 11.0 Å². The van der Waals surface area contributed by atoms with Gasteiger partial charge in [0.1, 0.15) is 11.5 Å². The first-order valence-corrected chi connectivity index (χ1v) is 10.4. The highest BCUT2D eigenvalue weighted by Crippen LogP contribution is 2.33. The Kier molecular flexibility index (Phi) is 5.34. The summed E-state index contributed by atoms with van der Waals surface area (Å²) in [4.78, 5) is 11.6. The molecule has 132 valence electrons. The first-order valence-electron chi connectivity index (χ1n) is 7.74. The van der Waals surface area contributed by atoms with Crippen molar-refractivity contribution in [2.45, 2.75) is 16.6 Å². The number of hydrogen-bond donors (Lipinski definition) is 0. The standard InChI is InChI=1S/C18H18O5S2/c1-22-18(19)10-13-2-4-14(5-3-13)23-15-6-8-17(9-7-15)25(20,21)12-16-11-24-16/h2-9,16H,10-12H2,1H3. The minimum atomic E-state index is -3.23. The fourth-order valence-electron chi connectivity index (χ4n) is 2.27. The number of ether oxygens (including phenoxy) is 2. The van der Waals surface area contributed by atoms with Gasteiger partial charge in [-0.05, 0) is 42.0 Å². The average molecular weight is 378 g/mol. The van der Waals surface area contributed by atoms with Crippen molar-refractivity contribution in [1.29, 1.82) is 0 Å². The van der Waals surface area contributed by atoms with Gasteiger partial charge in [-0.2, -0.15) is 11.8 Å². The number of thioether (sulfide) groups is 1. The van der Waals surface area contributed by atoms with Gasteiger partial charge in [0.25, 0.3) is 0 Å². The monoisotopic (exact) mass is 378 g/mol. The van der Waals surface area contributed by atoms with E-state index in [2.05, 4.69) is 4.74 Å². The number of esters is 1. The van der Waals surface area contributed by atoms with E-state index >= 15 is 0 Å². The van der Waals surface area contributed by atoms with Crippen molar-refractivity contribution >= 4 is 27.6 Å². The smallest absolute Gasteiger partial charge is 0.309 e. The summed E-state index contributed by atoms with van der Waals surface area (Å²) in [5.41, 5.74) is 0.832. The Balaban J connectivity index is 1.64. The molecule has 1 aliphatic rings. The van der Waals surface area contributed by atoms with Crippen LogP contribution in [0.25, 0.3) is 0 Å². The number of carbonyl (C=O) groups excluding carboxylic acids is 1. The van der Waals surface area contributed by atoms with E-state index in [1.807, 2.05) is 0 Å². The van der Waals surface area contributed by atoms with E-state index in [0.717, 1.165) is 11.3 Å². The average Bonchev–Trinajstić information content (AvgIpc) is 3.40. The Labute approximate surface area is 151 Å². The molecule has 2 aromatic carbocycles. The summed E-state index contributed by atoms with van der Waals surface area (Å²) in [5.74, 6) is 1.99. The highest BCUT2D eigenvalue weighted by Gasteiger charge is 2.29. The van der Waals surface area contributed by atoms with Gasteiger partial charge in [-0.1, -0.05) is 12.1 Å². The predicted molar refractivity (Wildman–Crippen MR) is 97.0 cm³/mol. The van der Waals surface area contributed by atoms with Crippen LogP contribution in [0.15, 0.2) is 53.4 Å². The third-order valence-electron chi connectivity index (χ3n) is 3.73. The number of sulfone groups is 1. The van der Waals surface area contributed by atoms with Gasteiger partial charge in [-0.3, -0.25) is 4.79 Å². The van der Waals surface area contributed by atoms with Gasteiger partial charge >= 0.3 is 5.97 Å². The van der Waals surface area contributed by atoms with Crippen LogP contribution in [0.2, 0.25) is 0 Å². The molecule has 1 fully saturated rings. The molecule has 0 spiro atoms. The SMILES string of the molecule is COC(=O)Cc1ccc(Oc2ccc(S(=O)(=O)CC3CS3)cc2)cc1. The van der Waals surface area contributed by atoms with Crippen molar-refractivity contribution in [3.8, 4) is 11.5 Å². The summed E-state index contributed by atoms with van der Waals surface area (Å²) in [5, 5.41) is 0.240. The van der Waals surface area contributed by atoms with Gasteiger partial charge in [-0.25, -0.2) is 8.42 Å². The Morgan fingerprint density at radius 1 is 1.08 bits per heavy atom. The van der Waals surface area contributed by atoms with E-state index in [9.17, 15) is 13.2 Å². The fraction of sp³-hybridized carbons (Fsp3) is 0.278. The van der Waals surface area contributed by atoms with Gasteiger partial charge in [0.2, 0.25) is 0 Å². The Bertz CT molecular complexity index is 838. The highest BCUT2D eigenvalue weighted by atomic mass is 32.2.